The summed E-state index contributed by atoms with van der Waals surface area (Å²) in [6, 6.07) is 0. The molecule has 0 atom stereocenters. The van der Waals surface area contributed by atoms with E-state index < -0.39 is 0 Å². The second kappa shape index (κ2) is 7.49. The molecular weight excluding hydrogens is 214 g/mol. The number of rotatable bonds is 5. The maximum atomic E-state index is 11.2. The minimum absolute atomic E-state index is 0.226. The van der Waals surface area contributed by atoms with Gasteiger partial charge >= 0.3 is 5.97 Å². The number of carbonyl (C=O) groups is 1. The molecule has 1 aliphatic carbocycles. The second-order valence-electron chi connectivity index (χ2n) is 5.10. The molecule has 98 valence electrons. The lowest BCUT2D eigenvalue weighted by Crippen LogP contribution is -2.27. The third kappa shape index (κ3) is 5.35. The van der Waals surface area contributed by atoms with Gasteiger partial charge < -0.3 is 9.64 Å². The van der Waals surface area contributed by atoms with Gasteiger partial charge in [0.25, 0.3) is 0 Å². The summed E-state index contributed by atoms with van der Waals surface area (Å²) in [5.74, 6) is 0.622. The standard InChI is InChI=1S/C14H25NO2/c1-12(14(16)17-3)9-10-15(2)11-13-7-5-4-6-8-13/h9,13H,4-8,10-11H2,1-3H3. The van der Waals surface area contributed by atoms with Crippen LogP contribution < -0.4 is 0 Å². The highest BCUT2D eigenvalue weighted by Gasteiger charge is 2.14. The average Bonchev–Trinajstić information content (AvgIpc) is 2.36. The Bertz CT molecular complexity index is 267. The fourth-order valence-corrected chi connectivity index (χ4v) is 2.42. The Labute approximate surface area is 105 Å². The van der Waals surface area contributed by atoms with Crippen LogP contribution in [0.1, 0.15) is 39.0 Å². The third-order valence-electron chi connectivity index (χ3n) is 3.51. The van der Waals surface area contributed by atoms with Crippen LogP contribution in [0.4, 0.5) is 0 Å². The number of ether oxygens (including phenoxy) is 1. The van der Waals surface area contributed by atoms with Crippen molar-refractivity contribution in [2.24, 2.45) is 5.92 Å². The van der Waals surface area contributed by atoms with E-state index in [1.807, 2.05) is 6.08 Å². The van der Waals surface area contributed by atoms with Crippen LogP contribution in [0.2, 0.25) is 0 Å². The van der Waals surface area contributed by atoms with Crippen molar-refractivity contribution in [3.63, 3.8) is 0 Å². The largest absolute Gasteiger partial charge is 0.466 e. The molecule has 0 amide bonds. The summed E-state index contributed by atoms with van der Waals surface area (Å²) in [5, 5.41) is 0. The highest BCUT2D eigenvalue weighted by atomic mass is 16.5. The van der Waals surface area contributed by atoms with Crippen LogP contribution in [-0.4, -0.2) is 38.1 Å². The summed E-state index contributed by atoms with van der Waals surface area (Å²) in [6.45, 7) is 3.78. The monoisotopic (exact) mass is 239 g/mol. The minimum Gasteiger partial charge on any atom is -0.466 e. The van der Waals surface area contributed by atoms with Crippen LogP contribution in [0.25, 0.3) is 0 Å². The second-order valence-corrected chi connectivity index (χ2v) is 5.10. The maximum Gasteiger partial charge on any atom is 0.333 e. The van der Waals surface area contributed by atoms with Crippen molar-refractivity contribution in [2.45, 2.75) is 39.0 Å². The smallest absolute Gasteiger partial charge is 0.333 e. The molecule has 1 aliphatic rings. The highest BCUT2D eigenvalue weighted by Crippen LogP contribution is 2.23. The summed E-state index contributed by atoms with van der Waals surface area (Å²) in [5.41, 5.74) is 0.697. The van der Waals surface area contributed by atoms with E-state index in [1.165, 1.54) is 39.2 Å². The summed E-state index contributed by atoms with van der Waals surface area (Å²) in [4.78, 5) is 13.5. The Morgan fingerprint density at radius 1 is 1.35 bits per heavy atom. The lowest BCUT2D eigenvalue weighted by atomic mass is 9.89. The van der Waals surface area contributed by atoms with Gasteiger partial charge in [0.1, 0.15) is 0 Å². The topological polar surface area (TPSA) is 29.5 Å². The van der Waals surface area contributed by atoms with Crippen molar-refractivity contribution >= 4 is 5.97 Å². The quantitative estimate of drug-likeness (QED) is 0.545. The molecule has 0 bridgehead atoms. The molecule has 1 saturated carbocycles. The fourth-order valence-electron chi connectivity index (χ4n) is 2.42. The Hall–Kier alpha value is -0.830. The zero-order chi connectivity index (χ0) is 12.7. The molecule has 0 aromatic carbocycles. The fraction of sp³-hybridized carbons (Fsp3) is 0.786. The molecule has 0 saturated heterocycles. The highest BCUT2D eigenvalue weighted by molar-refractivity contribution is 5.87. The molecule has 0 unspecified atom stereocenters. The van der Waals surface area contributed by atoms with Gasteiger partial charge in [-0.25, -0.2) is 4.79 Å². The normalized spacial score (nSPS) is 18.5. The van der Waals surface area contributed by atoms with E-state index in [9.17, 15) is 4.79 Å². The molecule has 3 heteroatoms. The van der Waals surface area contributed by atoms with Crippen LogP contribution >= 0.6 is 0 Å². The Balaban J connectivity index is 2.28. The third-order valence-corrected chi connectivity index (χ3v) is 3.51. The van der Waals surface area contributed by atoms with Crippen molar-refractivity contribution in [1.29, 1.82) is 0 Å². The lowest BCUT2D eigenvalue weighted by molar-refractivity contribution is -0.136. The molecule has 0 radical (unpaired) electrons. The van der Waals surface area contributed by atoms with E-state index in [1.54, 1.807) is 6.92 Å². The van der Waals surface area contributed by atoms with Crippen LogP contribution in [0.5, 0.6) is 0 Å². The summed E-state index contributed by atoms with van der Waals surface area (Å²) < 4.78 is 4.67. The van der Waals surface area contributed by atoms with E-state index in [0.29, 0.717) is 5.57 Å². The van der Waals surface area contributed by atoms with E-state index in [0.717, 1.165) is 19.0 Å². The molecule has 3 nitrogen and oxygen atoms in total. The SMILES string of the molecule is COC(=O)C(C)=CCN(C)CC1CCCCC1. The maximum absolute atomic E-state index is 11.2. The van der Waals surface area contributed by atoms with Crippen molar-refractivity contribution in [3.8, 4) is 0 Å². The first kappa shape index (κ1) is 14.2. The number of methoxy groups -OCH3 is 1. The lowest BCUT2D eigenvalue weighted by Gasteiger charge is -2.26. The molecule has 0 spiro atoms. The molecule has 0 aromatic rings. The van der Waals surface area contributed by atoms with Gasteiger partial charge in [0.15, 0.2) is 0 Å². The Kier molecular flexibility index (Phi) is 6.27. The summed E-state index contributed by atoms with van der Waals surface area (Å²) in [6.07, 6.45) is 8.86. The van der Waals surface area contributed by atoms with Crippen molar-refractivity contribution < 1.29 is 9.53 Å². The minimum atomic E-state index is -0.226. The Morgan fingerprint density at radius 2 is 2.00 bits per heavy atom. The van der Waals surface area contributed by atoms with E-state index in [-0.39, 0.29) is 5.97 Å². The van der Waals surface area contributed by atoms with Crippen LogP contribution in [0, 0.1) is 5.92 Å². The Morgan fingerprint density at radius 3 is 2.59 bits per heavy atom. The van der Waals surface area contributed by atoms with Crippen LogP contribution in [0.3, 0.4) is 0 Å². The van der Waals surface area contributed by atoms with E-state index in [4.69, 9.17) is 0 Å². The van der Waals surface area contributed by atoms with E-state index in [2.05, 4.69) is 16.7 Å². The van der Waals surface area contributed by atoms with Gasteiger partial charge in [-0.1, -0.05) is 25.3 Å². The summed E-state index contributed by atoms with van der Waals surface area (Å²) >= 11 is 0. The first-order valence-corrected chi connectivity index (χ1v) is 6.57. The van der Waals surface area contributed by atoms with Gasteiger partial charge in [-0.15, -0.1) is 0 Å². The van der Waals surface area contributed by atoms with Gasteiger partial charge in [0, 0.05) is 18.7 Å². The first-order valence-electron chi connectivity index (χ1n) is 6.57. The molecule has 17 heavy (non-hydrogen) atoms. The number of hydrogen-bond donors (Lipinski definition) is 0. The summed E-state index contributed by atoms with van der Waals surface area (Å²) in [7, 11) is 3.54. The molecule has 0 heterocycles. The van der Waals surface area contributed by atoms with Crippen LogP contribution in [-0.2, 0) is 9.53 Å². The average molecular weight is 239 g/mol. The van der Waals surface area contributed by atoms with Crippen molar-refractivity contribution in [1.82, 2.24) is 4.90 Å². The van der Waals surface area contributed by atoms with Gasteiger partial charge in [0.05, 0.1) is 7.11 Å². The van der Waals surface area contributed by atoms with E-state index >= 15 is 0 Å². The van der Waals surface area contributed by atoms with Crippen molar-refractivity contribution in [3.05, 3.63) is 11.6 Å². The van der Waals surface area contributed by atoms with Gasteiger partial charge in [-0.3, -0.25) is 0 Å². The van der Waals surface area contributed by atoms with Gasteiger partial charge in [-0.05, 0) is 32.7 Å². The first-order chi connectivity index (χ1) is 8.13. The number of likely N-dealkylation sites (N-methyl/N-ethyl adjacent to an activating group) is 1. The molecule has 0 N–H and O–H groups in total. The van der Waals surface area contributed by atoms with Crippen molar-refractivity contribution in [2.75, 3.05) is 27.2 Å². The number of hydrogen-bond acceptors (Lipinski definition) is 3. The van der Waals surface area contributed by atoms with Crippen LogP contribution in [0.15, 0.2) is 11.6 Å². The zero-order valence-corrected chi connectivity index (χ0v) is 11.4. The van der Waals surface area contributed by atoms with Gasteiger partial charge in [0.2, 0.25) is 0 Å². The van der Waals surface area contributed by atoms with Gasteiger partial charge in [-0.2, -0.15) is 0 Å². The predicted molar refractivity (Wildman–Crippen MR) is 69.8 cm³/mol. The number of carbonyl (C=O) groups excluding carboxylic acids is 1. The molecular formula is C14H25NO2. The molecule has 1 fully saturated rings. The molecule has 0 aliphatic heterocycles. The zero-order valence-electron chi connectivity index (χ0n) is 11.4. The molecule has 1 rings (SSSR count). The predicted octanol–water partition coefficient (Wildman–Crippen LogP) is 2.62. The number of esters is 1. The number of nitrogens with zero attached hydrogens (tertiary/aromatic N) is 1. The molecule has 0 aromatic heterocycles.